The summed E-state index contributed by atoms with van der Waals surface area (Å²) in [5, 5.41) is 0. The van der Waals surface area contributed by atoms with Gasteiger partial charge in [-0.15, -0.1) is 0 Å². The topological polar surface area (TPSA) is 66.9 Å². The van der Waals surface area contributed by atoms with Crippen LogP contribution >= 0.6 is 31.9 Å². The fraction of sp³-hybridized carbons (Fsp3) is 0.321. The van der Waals surface area contributed by atoms with Crippen LogP contribution in [0, 0.1) is 11.7 Å². The smallest absolute Gasteiger partial charge is 0.244 e. The van der Waals surface area contributed by atoms with E-state index in [9.17, 15) is 17.6 Å². The summed E-state index contributed by atoms with van der Waals surface area (Å²) in [6, 6.07) is 17.3. The van der Waals surface area contributed by atoms with Crippen molar-refractivity contribution in [1.82, 2.24) is 9.21 Å². The molecule has 200 valence electrons. The second-order valence-corrected chi connectivity index (χ2v) is 13.3. The van der Waals surface area contributed by atoms with Gasteiger partial charge < -0.3 is 9.64 Å². The molecule has 1 amide bonds. The Hall–Kier alpha value is -2.27. The van der Waals surface area contributed by atoms with Crippen LogP contribution in [0.3, 0.4) is 0 Å². The molecule has 0 saturated carbocycles. The number of carbonyl (C=O) groups is 1. The molecule has 0 N–H and O–H groups in total. The van der Waals surface area contributed by atoms with Crippen molar-refractivity contribution in [3.63, 3.8) is 0 Å². The number of fused-ring (bicyclic) bond motifs is 1. The monoisotopic (exact) mass is 664 g/mol. The number of sulfonamides is 1. The van der Waals surface area contributed by atoms with E-state index in [1.165, 1.54) is 16.4 Å². The maximum Gasteiger partial charge on any atom is 0.244 e. The van der Waals surface area contributed by atoms with Crippen LogP contribution in [0.1, 0.15) is 29.5 Å². The third kappa shape index (κ3) is 5.98. The first-order valence-electron chi connectivity index (χ1n) is 12.4. The lowest BCUT2D eigenvalue weighted by Gasteiger charge is -2.36. The molecule has 0 aliphatic carbocycles. The quantitative estimate of drug-likeness (QED) is 0.328. The lowest BCUT2D eigenvalue weighted by molar-refractivity contribution is -0.137. The first-order valence-corrected chi connectivity index (χ1v) is 15.5. The number of rotatable bonds is 6. The molecule has 6 nitrogen and oxygen atoms in total. The molecule has 0 aromatic heterocycles. The van der Waals surface area contributed by atoms with E-state index in [1.807, 2.05) is 29.2 Å². The van der Waals surface area contributed by atoms with E-state index < -0.39 is 10.0 Å². The molecule has 1 fully saturated rings. The molecule has 0 radical (unpaired) electrons. The Kier molecular flexibility index (Phi) is 8.23. The molecule has 38 heavy (non-hydrogen) atoms. The molecule has 2 heterocycles. The van der Waals surface area contributed by atoms with Crippen LogP contribution in [-0.4, -0.2) is 43.2 Å². The summed E-state index contributed by atoms with van der Waals surface area (Å²) in [5.41, 5.74) is 3.00. The lowest BCUT2D eigenvalue weighted by Crippen LogP contribution is -2.45. The van der Waals surface area contributed by atoms with E-state index in [4.69, 9.17) is 4.74 Å². The largest absolute Gasteiger partial charge is 0.489 e. The number of nitrogens with zero attached hydrogens (tertiary/aromatic N) is 2. The Morgan fingerprint density at radius 1 is 0.974 bits per heavy atom. The highest BCUT2D eigenvalue weighted by Crippen LogP contribution is 2.32. The summed E-state index contributed by atoms with van der Waals surface area (Å²) >= 11 is 6.70. The minimum atomic E-state index is -3.66. The molecule has 1 saturated heterocycles. The molecule has 0 unspecified atom stereocenters. The second kappa shape index (κ2) is 11.5. The van der Waals surface area contributed by atoms with E-state index >= 15 is 0 Å². The number of piperidine rings is 1. The maximum atomic E-state index is 13.4. The van der Waals surface area contributed by atoms with Crippen molar-refractivity contribution in [2.45, 2.75) is 37.3 Å². The van der Waals surface area contributed by atoms with Crippen molar-refractivity contribution >= 4 is 47.8 Å². The number of ether oxygens (including phenoxy) is 1. The Labute approximate surface area is 239 Å². The van der Waals surface area contributed by atoms with Crippen LogP contribution < -0.4 is 4.74 Å². The molecular weight excluding hydrogens is 639 g/mol. The Morgan fingerprint density at radius 2 is 1.76 bits per heavy atom. The lowest BCUT2D eigenvalue weighted by atomic mass is 9.93. The standard InChI is InChI=1S/C28H27Br2FN2O4S/c29-23-5-7-26(30)27(16-23)38(35,36)33-12-9-20(10-13-33)28(34)32-11-8-21-15-25(6-4-22(21)17-32)37-18-19-2-1-3-24(31)14-19/h1-7,14-16,20H,8-13,17-18H2. The van der Waals surface area contributed by atoms with Crippen LogP contribution in [0.2, 0.25) is 0 Å². The van der Waals surface area contributed by atoms with Crippen LogP contribution in [0.25, 0.3) is 0 Å². The molecule has 0 bridgehead atoms. The van der Waals surface area contributed by atoms with Gasteiger partial charge in [-0.2, -0.15) is 4.31 Å². The number of halogens is 3. The summed E-state index contributed by atoms with van der Waals surface area (Å²) < 4.78 is 48.3. The zero-order valence-electron chi connectivity index (χ0n) is 20.6. The molecule has 2 aliphatic rings. The highest BCUT2D eigenvalue weighted by molar-refractivity contribution is 9.11. The van der Waals surface area contributed by atoms with Crippen LogP contribution in [0.15, 0.2) is 74.5 Å². The van der Waals surface area contributed by atoms with Gasteiger partial charge in [0.2, 0.25) is 15.9 Å². The normalized spacial score (nSPS) is 16.8. The summed E-state index contributed by atoms with van der Waals surface area (Å²) in [6.07, 6.45) is 1.72. The summed E-state index contributed by atoms with van der Waals surface area (Å²) in [4.78, 5) is 15.4. The number of amides is 1. The number of carbonyl (C=O) groups excluding carboxylic acids is 1. The fourth-order valence-corrected chi connectivity index (χ4v) is 7.95. The van der Waals surface area contributed by atoms with Gasteiger partial charge in [0, 0.05) is 41.0 Å². The molecule has 10 heteroatoms. The minimum absolute atomic E-state index is 0.0859. The highest BCUT2D eigenvalue weighted by Gasteiger charge is 2.35. The van der Waals surface area contributed by atoms with Crippen LogP contribution in [0.5, 0.6) is 5.75 Å². The van der Waals surface area contributed by atoms with Crippen molar-refractivity contribution in [2.24, 2.45) is 5.92 Å². The second-order valence-electron chi connectivity index (χ2n) is 9.61. The molecule has 0 spiro atoms. The van der Waals surface area contributed by atoms with Crippen LogP contribution in [-0.2, 0) is 34.4 Å². The molecule has 5 rings (SSSR count). The molecule has 2 aliphatic heterocycles. The van der Waals surface area contributed by atoms with Gasteiger partial charge in [-0.3, -0.25) is 4.79 Å². The van der Waals surface area contributed by atoms with Gasteiger partial charge in [-0.25, -0.2) is 12.8 Å². The zero-order valence-corrected chi connectivity index (χ0v) is 24.6. The number of hydrogen-bond donors (Lipinski definition) is 0. The first kappa shape index (κ1) is 27.3. The summed E-state index contributed by atoms with van der Waals surface area (Å²) in [6.45, 7) is 2.06. The Morgan fingerprint density at radius 3 is 2.53 bits per heavy atom. The third-order valence-corrected chi connectivity index (χ3v) is 10.5. The molecule has 0 atom stereocenters. The van der Waals surface area contributed by atoms with E-state index in [-0.39, 0.29) is 29.1 Å². The van der Waals surface area contributed by atoms with Gasteiger partial charge in [-0.1, -0.05) is 34.1 Å². The van der Waals surface area contributed by atoms with Crippen molar-refractivity contribution in [3.8, 4) is 5.75 Å². The Balaban J connectivity index is 1.17. The van der Waals surface area contributed by atoms with Crippen LogP contribution in [0.4, 0.5) is 4.39 Å². The third-order valence-electron chi connectivity index (χ3n) is 7.11. The van der Waals surface area contributed by atoms with Crippen molar-refractivity contribution < 1.29 is 22.3 Å². The molecule has 3 aromatic rings. The number of hydrogen-bond acceptors (Lipinski definition) is 4. The van der Waals surface area contributed by atoms with E-state index in [0.717, 1.165) is 28.9 Å². The van der Waals surface area contributed by atoms with Crippen molar-refractivity contribution in [2.75, 3.05) is 19.6 Å². The highest BCUT2D eigenvalue weighted by atomic mass is 79.9. The van der Waals surface area contributed by atoms with Gasteiger partial charge in [0.05, 0.1) is 4.90 Å². The van der Waals surface area contributed by atoms with E-state index in [1.54, 1.807) is 24.3 Å². The average molecular weight is 666 g/mol. The van der Waals surface area contributed by atoms with Gasteiger partial charge in [0.25, 0.3) is 0 Å². The zero-order chi connectivity index (χ0) is 26.9. The van der Waals surface area contributed by atoms with Crippen molar-refractivity contribution in [1.29, 1.82) is 0 Å². The maximum absolute atomic E-state index is 13.4. The predicted octanol–water partition coefficient (Wildman–Crippen LogP) is 5.92. The number of benzene rings is 3. The average Bonchev–Trinajstić information content (AvgIpc) is 2.92. The van der Waals surface area contributed by atoms with Crippen molar-refractivity contribution in [3.05, 3.63) is 92.1 Å². The molecule has 3 aromatic carbocycles. The summed E-state index contributed by atoms with van der Waals surface area (Å²) in [7, 11) is -3.66. The first-order chi connectivity index (χ1) is 18.2. The van der Waals surface area contributed by atoms with Gasteiger partial charge in [-0.05, 0) is 94.3 Å². The van der Waals surface area contributed by atoms with Gasteiger partial charge >= 0.3 is 0 Å². The SMILES string of the molecule is O=C(C1CCN(S(=O)(=O)c2cc(Br)ccc2Br)CC1)N1CCc2cc(OCc3cccc(F)c3)ccc2C1. The minimum Gasteiger partial charge on any atom is -0.489 e. The predicted molar refractivity (Wildman–Crippen MR) is 150 cm³/mol. The van der Waals surface area contributed by atoms with E-state index in [2.05, 4.69) is 31.9 Å². The summed E-state index contributed by atoms with van der Waals surface area (Å²) in [5.74, 6) is 0.329. The van der Waals surface area contributed by atoms with Gasteiger partial charge in [0.15, 0.2) is 0 Å². The van der Waals surface area contributed by atoms with E-state index in [0.29, 0.717) is 48.0 Å². The van der Waals surface area contributed by atoms with Gasteiger partial charge in [0.1, 0.15) is 18.2 Å². The Bertz CT molecular complexity index is 1460. The fourth-order valence-electron chi connectivity index (χ4n) is 5.02. The molecular formula is C28H27Br2FN2O4S.